The summed E-state index contributed by atoms with van der Waals surface area (Å²) >= 11 is 0. The zero-order valence-electron chi connectivity index (χ0n) is 15.5. The number of nitrogens with two attached hydrogens (primary N) is 1. The van der Waals surface area contributed by atoms with Gasteiger partial charge in [-0.3, -0.25) is 14.4 Å². The van der Waals surface area contributed by atoms with Gasteiger partial charge in [-0.05, 0) is 36.5 Å². The fraction of sp³-hybridized carbons (Fsp3) is 0.550. The Morgan fingerprint density at radius 1 is 1.15 bits per heavy atom. The van der Waals surface area contributed by atoms with E-state index < -0.39 is 0 Å². The van der Waals surface area contributed by atoms with Crippen LogP contribution >= 0.6 is 0 Å². The summed E-state index contributed by atoms with van der Waals surface area (Å²) < 4.78 is 0. The van der Waals surface area contributed by atoms with Crippen LogP contribution in [0.25, 0.3) is 0 Å². The van der Waals surface area contributed by atoms with Crippen LogP contribution in [-0.2, 0) is 14.4 Å². The first-order valence-corrected chi connectivity index (χ1v) is 9.35. The molecule has 1 unspecified atom stereocenters. The van der Waals surface area contributed by atoms with Gasteiger partial charge < -0.3 is 15.5 Å². The first-order chi connectivity index (χ1) is 12.4. The van der Waals surface area contributed by atoms with E-state index >= 15 is 0 Å². The highest BCUT2D eigenvalue weighted by Crippen LogP contribution is 2.29. The third-order valence-corrected chi connectivity index (χ3v) is 5.53. The lowest BCUT2D eigenvalue weighted by Gasteiger charge is -2.32. The molecule has 26 heavy (non-hydrogen) atoms. The minimum atomic E-state index is -0.310. The Hall–Kier alpha value is -2.37. The predicted octanol–water partition coefficient (Wildman–Crippen LogP) is 1.89. The molecule has 1 atom stereocenters. The molecule has 0 spiro atoms. The molecule has 140 valence electrons. The lowest BCUT2D eigenvalue weighted by atomic mass is 9.95. The molecule has 2 heterocycles. The molecule has 0 aromatic heterocycles. The molecule has 1 aromatic carbocycles. The van der Waals surface area contributed by atoms with Crippen molar-refractivity contribution in [3.63, 3.8) is 0 Å². The van der Waals surface area contributed by atoms with Gasteiger partial charge in [-0.2, -0.15) is 0 Å². The first kappa shape index (κ1) is 18.4. The molecule has 2 aliphatic heterocycles. The minimum Gasteiger partial charge on any atom is -0.369 e. The number of anilines is 1. The van der Waals surface area contributed by atoms with Crippen LogP contribution in [0.4, 0.5) is 5.69 Å². The number of benzene rings is 1. The summed E-state index contributed by atoms with van der Waals surface area (Å²) in [5, 5.41) is 0. The Bertz CT molecular complexity index is 708. The van der Waals surface area contributed by atoms with E-state index in [1.165, 1.54) is 5.56 Å². The molecule has 3 amide bonds. The zero-order valence-corrected chi connectivity index (χ0v) is 15.5. The molecular weight excluding hydrogens is 330 g/mol. The number of carbonyl (C=O) groups is 3. The van der Waals surface area contributed by atoms with Gasteiger partial charge in [0.1, 0.15) is 0 Å². The van der Waals surface area contributed by atoms with E-state index in [-0.39, 0.29) is 36.0 Å². The van der Waals surface area contributed by atoms with Crippen molar-refractivity contribution in [1.29, 1.82) is 0 Å². The average molecular weight is 357 g/mol. The Kier molecular flexibility index (Phi) is 5.30. The number of hydrogen-bond acceptors (Lipinski definition) is 3. The largest absolute Gasteiger partial charge is 0.369 e. The van der Waals surface area contributed by atoms with Crippen molar-refractivity contribution >= 4 is 23.4 Å². The van der Waals surface area contributed by atoms with E-state index in [1.807, 2.05) is 18.2 Å². The highest BCUT2D eigenvalue weighted by molar-refractivity contribution is 6.00. The maximum Gasteiger partial charge on any atom is 0.228 e. The van der Waals surface area contributed by atoms with Crippen LogP contribution in [0.15, 0.2) is 24.3 Å². The van der Waals surface area contributed by atoms with Crippen LogP contribution in [0.3, 0.4) is 0 Å². The summed E-state index contributed by atoms with van der Waals surface area (Å²) in [4.78, 5) is 40.1. The van der Waals surface area contributed by atoms with Crippen molar-refractivity contribution < 1.29 is 14.4 Å². The topological polar surface area (TPSA) is 83.7 Å². The fourth-order valence-corrected chi connectivity index (χ4v) is 3.82. The van der Waals surface area contributed by atoms with Crippen molar-refractivity contribution in [3.05, 3.63) is 29.8 Å². The Morgan fingerprint density at radius 2 is 1.85 bits per heavy atom. The molecule has 2 fully saturated rings. The van der Waals surface area contributed by atoms with Crippen LogP contribution in [0.1, 0.15) is 44.6 Å². The smallest absolute Gasteiger partial charge is 0.228 e. The van der Waals surface area contributed by atoms with Crippen molar-refractivity contribution in [1.82, 2.24) is 4.90 Å². The lowest BCUT2D eigenvalue weighted by molar-refractivity contribution is -0.138. The van der Waals surface area contributed by atoms with Gasteiger partial charge in [-0.25, -0.2) is 0 Å². The van der Waals surface area contributed by atoms with Crippen LogP contribution in [0, 0.1) is 11.8 Å². The third kappa shape index (κ3) is 3.74. The van der Waals surface area contributed by atoms with Crippen LogP contribution in [0.5, 0.6) is 0 Å². The Balaban J connectivity index is 1.65. The van der Waals surface area contributed by atoms with E-state index in [2.05, 4.69) is 19.9 Å². The van der Waals surface area contributed by atoms with Gasteiger partial charge in [0.25, 0.3) is 0 Å². The highest BCUT2D eigenvalue weighted by atomic mass is 16.2. The number of carbonyl (C=O) groups excluding carboxylic acids is 3. The van der Waals surface area contributed by atoms with Crippen LogP contribution < -0.4 is 10.6 Å². The second-order valence-electron chi connectivity index (χ2n) is 7.66. The molecule has 0 saturated carbocycles. The summed E-state index contributed by atoms with van der Waals surface area (Å²) in [6.07, 6.45) is 1.48. The van der Waals surface area contributed by atoms with Crippen molar-refractivity contribution in [2.24, 2.45) is 17.6 Å². The number of likely N-dealkylation sites (tertiary alicyclic amines) is 1. The number of rotatable bonds is 4. The number of amides is 3. The van der Waals surface area contributed by atoms with Crippen molar-refractivity contribution in [2.45, 2.75) is 39.0 Å². The maximum atomic E-state index is 12.8. The van der Waals surface area contributed by atoms with Gasteiger partial charge in [-0.15, -0.1) is 0 Å². The van der Waals surface area contributed by atoms with Crippen molar-refractivity contribution in [3.8, 4) is 0 Å². The summed E-state index contributed by atoms with van der Waals surface area (Å²) in [5.41, 5.74) is 7.40. The highest BCUT2D eigenvalue weighted by Gasteiger charge is 2.38. The van der Waals surface area contributed by atoms with Gasteiger partial charge in [0, 0.05) is 37.7 Å². The van der Waals surface area contributed by atoms with Crippen molar-refractivity contribution in [2.75, 3.05) is 24.5 Å². The number of piperidine rings is 1. The predicted molar refractivity (Wildman–Crippen MR) is 99.5 cm³/mol. The lowest BCUT2D eigenvalue weighted by Crippen LogP contribution is -2.44. The summed E-state index contributed by atoms with van der Waals surface area (Å²) in [6.45, 7) is 5.74. The van der Waals surface area contributed by atoms with E-state index in [4.69, 9.17) is 5.73 Å². The first-order valence-electron chi connectivity index (χ1n) is 9.35. The fourth-order valence-electron chi connectivity index (χ4n) is 3.82. The van der Waals surface area contributed by atoms with Gasteiger partial charge in [-0.1, -0.05) is 26.0 Å². The molecular formula is C20H27N3O3. The second kappa shape index (κ2) is 7.48. The SMILES string of the molecule is CC(C)c1cccc(N2CC(C(=O)N3CCC(C(N)=O)CC3)CC2=O)c1. The van der Waals surface area contributed by atoms with Gasteiger partial charge in [0.05, 0.1) is 5.92 Å². The van der Waals surface area contributed by atoms with Gasteiger partial charge in [0.15, 0.2) is 0 Å². The average Bonchev–Trinajstić information content (AvgIpc) is 3.03. The van der Waals surface area contributed by atoms with Gasteiger partial charge in [0.2, 0.25) is 17.7 Å². The molecule has 0 bridgehead atoms. The summed E-state index contributed by atoms with van der Waals surface area (Å²) in [5.74, 6) is -0.337. The number of nitrogens with zero attached hydrogens (tertiary/aromatic N) is 2. The standard InChI is InChI=1S/C20H27N3O3/c1-13(2)15-4-3-5-17(10-15)23-12-16(11-18(23)24)20(26)22-8-6-14(7-9-22)19(21)25/h3-5,10,13-14,16H,6-9,11-12H2,1-2H3,(H2,21,25). The number of primary amides is 1. The molecule has 0 aliphatic carbocycles. The normalized spacial score (nSPS) is 21.5. The third-order valence-electron chi connectivity index (χ3n) is 5.53. The molecule has 0 radical (unpaired) electrons. The summed E-state index contributed by atoms with van der Waals surface area (Å²) in [7, 11) is 0. The summed E-state index contributed by atoms with van der Waals surface area (Å²) in [6, 6.07) is 7.98. The Morgan fingerprint density at radius 3 is 2.46 bits per heavy atom. The molecule has 6 nitrogen and oxygen atoms in total. The van der Waals surface area contributed by atoms with E-state index in [1.54, 1.807) is 9.80 Å². The molecule has 2 aliphatic rings. The van der Waals surface area contributed by atoms with Crippen LogP contribution in [0.2, 0.25) is 0 Å². The molecule has 2 saturated heterocycles. The van der Waals surface area contributed by atoms with E-state index in [0.29, 0.717) is 38.4 Å². The van der Waals surface area contributed by atoms with Gasteiger partial charge >= 0.3 is 0 Å². The quantitative estimate of drug-likeness (QED) is 0.893. The molecule has 1 aromatic rings. The number of hydrogen-bond donors (Lipinski definition) is 1. The molecule has 2 N–H and O–H groups in total. The molecule has 6 heteroatoms. The van der Waals surface area contributed by atoms with Crippen LogP contribution in [-0.4, -0.2) is 42.3 Å². The van der Waals surface area contributed by atoms with E-state index in [9.17, 15) is 14.4 Å². The minimum absolute atomic E-state index is 0.00345. The zero-order chi connectivity index (χ0) is 18.8. The second-order valence-corrected chi connectivity index (χ2v) is 7.66. The monoisotopic (exact) mass is 357 g/mol. The Labute approximate surface area is 154 Å². The molecule has 3 rings (SSSR count). The van der Waals surface area contributed by atoms with E-state index in [0.717, 1.165) is 5.69 Å². The maximum absolute atomic E-state index is 12.8.